The van der Waals surface area contributed by atoms with Crippen molar-refractivity contribution in [3.8, 4) is 0 Å². The Kier molecular flexibility index (Phi) is 10.0. The lowest BCUT2D eigenvalue weighted by Gasteiger charge is -2.09. The minimum Gasteiger partial charge on any atom is -0.340 e. The molecule has 0 atom stereocenters. The van der Waals surface area contributed by atoms with Crippen LogP contribution in [0.25, 0.3) is 10.9 Å². The highest BCUT2D eigenvalue weighted by Crippen LogP contribution is 2.25. The topological polar surface area (TPSA) is 98.0 Å². The van der Waals surface area contributed by atoms with Crippen LogP contribution in [0, 0.1) is 3.57 Å². The summed E-state index contributed by atoms with van der Waals surface area (Å²) in [5, 5.41) is 4.16. The number of carbonyl (C=O) groups excluding carboxylic acids is 2. The van der Waals surface area contributed by atoms with Crippen LogP contribution in [-0.2, 0) is 16.0 Å². The van der Waals surface area contributed by atoms with E-state index in [1.807, 2.05) is 42.5 Å². The van der Waals surface area contributed by atoms with Gasteiger partial charge < -0.3 is 11.1 Å². The molecule has 1 heterocycles. The molecule has 0 bridgehead atoms. The Hall–Kier alpha value is -2.36. The van der Waals surface area contributed by atoms with E-state index >= 15 is 0 Å². The van der Waals surface area contributed by atoms with Gasteiger partial charge in [0.2, 0.25) is 0 Å². The maximum absolute atomic E-state index is 12.3. The number of hydrogen-bond acceptors (Lipinski definition) is 6. The molecular formula is C23H24ClIN4O2. The Balaban J connectivity index is 0.00000341. The van der Waals surface area contributed by atoms with Gasteiger partial charge in [-0.3, -0.25) is 9.59 Å². The van der Waals surface area contributed by atoms with Crippen LogP contribution in [0.2, 0.25) is 0 Å². The number of aromatic nitrogens is 2. The fraction of sp³-hybridized carbons (Fsp3) is 0.217. The number of hydrogen-bond donors (Lipinski definition) is 2. The van der Waals surface area contributed by atoms with Crippen molar-refractivity contribution in [3.63, 3.8) is 0 Å². The zero-order valence-electron chi connectivity index (χ0n) is 16.9. The van der Waals surface area contributed by atoms with Gasteiger partial charge in [-0.2, -0.15) is 0 Å². The summed E-state index contributed by atoms with van der Waals surface area (Å²) in [7, 11) is 0. The largest absolute Gasteiger partial charge is 0.340 e. The van der Waals surface area contributed by atoms with Crippen LogP contribution in [0.3, 0.4) is 0 Å². The second kappa shape index (κ2) is 12.5. The molecule has 6 nitrogen and oxygen atoms in total. The molecule has 2 aromatic carbocycles. The highest BCUT2D eigenvalue weighted by molar-refractivity contribution is 14.1. The number of unbranched alkanes of at least 4 members (excludes halogenated alkanes) is 1. The number of nitrogens with one attached hydrogen (secondary N) is 1. The number of nitrogens with two attached hydrogens (primary N) is 1. The van der Waals surface area contributed by atoms with Crippen molar-refractivity contribution in [2.24, 2.45) is 5.73 Å². The van der Waals surface area contributed by atoms with Gasteiger partial charge in [0.15, 0.2) is 11.6 Å². The number of nitrogens with zero attached hydrogens (tertiary/aromatic N) is 2. The second-order valence-corrected chi connectivity index (χ2v) is 8.14. The van der Waals surface area contributed by atoms with Gasteiger partial charge in [-0.15, -0.1) is 12.4 Å². The van der Waals surface area contributed by atoms with E-state index in [0.29, 0.717) is 18.8 Å². The van der Waals surface area contributed by atoms with Crippen molar-refractivity contribution in [2.75, 3.05) is 11.9 Å². The third-order valence-electron chi connectivity index (χ3n) is 4.50. The maximum Gasteiger partial charge on any atom is 0.160 e. The Labute approximate surface area is 201 Å². The van der Waals surface area contributed by atoms with Crippen LogP contribution in [0.5, 0.6) is 0 Å². The number of ketones is 2. The molecule has 0 aliphatic rings. The summed E-state index contributed by atoms with van der Waals surface area (Å²) in [6.45, 7) is 0.571. The van der Waals surface area contributed by atoms with Crippen LogP contribution in [-0.4, -0.2) is 28.1 Å². The Morgan fingerprint density at radius 2 is 1.84 bits per heavy atom. The lowest BCUT2D eigenvalue weighted by Crippen LogP contribution is -2.03. The predicted molar refractivity (Wildman–Crippen MR) is 135 cm³/mol. The normalized spacial score (nSPS) is 10.8. The lowest BCUT2D eigenvalue weighted by atomic mass is 10.1. The molecule has 0 saturated heterocycles. The Morgan fingerprint density at radius 1 is 1.03 bits per heavy atom. The predicted octanol–water partition coefficient (Wildman–Crippen LogP) is 4.77. The third kappa shape index (κ3) is 7.68. The monoisotopic (exact) mass is 550 g/mol. The zero-order chi connectivity index (χ0) is 21.3. The van der Waals surface area contributed by atoms with Crippen molar-refractivity contribution in [2.45, 2.75) is 25.7 Å². The number of rotatable bonds is 10. The van der Waals surface area contributed by atoms with Gasteiger partial charge in [-0.1, -0.05) is 12.1 Å². The molecule has 0 amide bonds. The van der Waals surface area contributed by atoms with Crippen LogP contribution in [0.15, 0.2) is 60.9 Å². The van der Waals surface area contributed by atoms with E-state index < -0.39 is 0 Å². The first kappa shape index (κ1) is 24.9. The molecule has 0 radical (unpaired) electrons. The molecule has 0 aliphatic carbocycles. The van der Waals surface area contributed by atoms with E-state index in [1.165, 1.54) is 18.5 Å². The van der Waals surface area contributed by atoms with Crippen molar-refractivity contribution >= 4 is 69.0 Å². The van der Waals surface area contributed by atoms with Gasteiger partial charge in [0.25, 0.3) is 0 Å². The van der Waals surface area contributed by atoms with Gasteiger partial charge >= 0.3 is 0 Å². The number of fused-ring (bicyclic) bond motifs is 1. The summed E-state index contributed by atoms with van der Waals surface area (Å²) in [6, 6.07) is 13.7. The molecule has 3 aromatic rings. The first-order valence-corrected chi connectivity index (χ1v) is 10.8. The molecule has 3 N–H and O–H groups in total. The molecular weight excluding hydrogens is 527 g/mol. The molecule has 31 heavy (non-hydrogen) atoms. The first-order chi connectivity index (χ1) is 14.5. The zero-order valence-corrected chi connectivity index (χ0v) is 19.9. The summed E-state index contributed by atoms with van der Waals surface area (Å²) in [4.78, 5) is 32.8. The van der Waals surface area contributed by atoms with Gasteiger partial charge in [0.05, 0.1) is 5.52 Å². The Morgan fingerprint density at radius 3 is 2.61 bits per heavy atom. The van der Waals surface area contributed by atoms with Crippen LogP contribution in [0.4, 0.5) is 11.5 Å². The van der Waals surface area contributed by atoms with E-state index in [-0.39, 0.29) is 30.4 Å². The summed E-state index contributed by atoms with van der Waals surface area (Å²) >= 11 is 2.26. The average Bonchev–Trinajstić information content (AvgIpc) is 2.73. The molecule has 1 aromatic heterocycles. The van der Waals surface area contributed by atoms with E-state index in [1.54, 1.807) is 0 Å². The minimum atomic E-state index is -0.120. The van der Waals surface area contributed by atoms with Crippen molar-refractivity contribution in [1.29, 1.82) is 0 Å². The Bertz CT molecular complexity index is 1090. The highest BCUT2D eigenvalue weighted by Gasteiger charge is 2.08. The molecule has 0 saturated carbocycles. The van der Waals surface area contributed by atoms with Crippen LogP contribution >= 0.6 is 35.0 Å². The van der Waals surface area contributed by atoms with E-state index in [4.69, 9.17) is 5.73 Å². The minimum absolute atomic E-state index is 0. The quantitative estimate of drug-likeness (QED) is 0.214. The molecule has 0 unspecified atom stereocenters. The highest BCUT2D eigenvalue weighted by atomic mass is 127. The van der Waals surface area contributed by atoms with Crippen LogP contribution in [0.1, 0.15) is 24.8 Å². The fourth-order valence-electron chi connectivity index (χ4n) is 2.99. The summed E-state index contributed by atoms with van der Waals surface area (Å²) in [5.74, 6) is 0.514. The van der Waals surface area contributed by atoms with Gasteiger partial charge in [-0.05, 0) is 90.0 Å². The van der Waals surface area contributed by atoms with Gasteiger partial charge in [0.1, 0.15) is 12.1 Å². The van der Waals surface area contributed by atoms with Crippen molar-refractivity contribution in [3.05, 3.63) is 70.1 Å². The number of allylic oxidation sites excluding steroid dienone is 2. The standard InChI is InChI=1S/C23H23IN4O2.ClH/c24-17-4-3-5-18(14-17)28-23-21-13-16(7-10-22(21)26-15-27-23)12-20(30)9-8-19(29)6-1-2-11-25;/h3-5,7-10,13-15H,1-2,6,11-12,25H2,(H,26,27,28);1H/b9-8-;. The van der Waals surface area contributed by atoms with E-state index in [2.05, 4.69) is 37.9 Å². The first-order valence-electron chi connectivity index (χ1n) is 9.75. The fourth-order valence-corrected chi connectivity index (χ4v) is 3.53. The summed E-state index contributed by atoms with van der Waals surface area (Å²) < 4.78 is 1.12. The number of benzene rings is 2. The number of carbonyl (C=O) groups is 2. The molecule has 0 fully saturated rings. The SMILES string of the molecule is Cl.NCCCCC(=O)/C=C\C(=O)Cc1ccc2ncnc(Nc3cccc(I)c3)c2c1. The number of halogens is 2. The maximum atomic E-state index is 12.3. The van der Waals surface area contributed by atoms with Gasteiger partial charge in [0, 0.05) is 27.5 Å². The molecule has 0 aliphatic heterocycles. The summed E-state index contributed by atoms with van der Waals surface area (Å²) in [5.41, 5.74) is 7.99. The van der Waals surface area contributed by atoms with E-state index in [0.717, 1.165) is 38.6 Å². The smallest absolute Gasteiger partial charge is 0.160 e. The molecule has 0 spiro atoms. The molecule has 3 rings (SSSR count). The third-order valence-corrected chi connectivity index (χ3v) is 5.17. The molecule has 162 valence electrons. The summed E-state index contributed by atoms with van der Waals surface area (Å²) in [6.07, 6.45) is 6.43. The van der Waals surface area contributed by atoms with Gasteiger partial charge in [-0.25, -0.2) is 9.97 Å². The van der Waals surface area contributed by atoms with E-state index in [9.17, 15) is 9.59 Å². The average molecular weight is 551 g/mol. The van der Waals surface area contributed by atoms with Crippen molar-refractivity contribution in [1.82, 2.24) is 9.97 Å². The van der Waals surface area contributed by atoms with Crippen molar-refractivity contribution < 1.29 is 9.59 Å². The number of anilines is 2. The lowest BCUT2D eigenvalue weighted by molar-refractivity contribution is -0.116. The van der Waals surface area contributed by atoms with Crippen LogP contribution < -0.4 is 11.1 Å². The second-order valence-electron chi connectivity index (χ2n) is 6.90. The molecule has 8 heteroatoms.